The van der Waals surface area contributed by atoms with E-state index in [-0.39, 0.29) is 0 Å². The van der Waals surface area contributed by atoms with Gasteiger partial charge in [-0.2, -0.15) is 0 Å². The second-order valence-electron chi connectivity index (χ2n) is 6.25. The van der Waals surface area contributed by atoms with Crippen molar-refractivity contribution in [3.8, 4) is 0 Å². The van der Waals surface area contributed by atoms with Crippen molar-refractivity contribution in [1.82, 2.24) is 5.32 Å². The number of nitrogens with one attached hydrogen (secondary N) is 1. The fourth-order valence-electron chi connectivity index (χ4n) is 2.21. The first-order valence-electron chi connectivity index (χ1n) is 6.72. The number of methoxy groups -OCH3 is 1. The topological polar surface area (TPSA) is 21.3 Å². The maximum atomic E-state index is 5.21. The Morgan fingerprint density at radius 2 is 1.78 bits per heavy atom. The van der Waals surface area contributed by atoms with Crippen LogP contribution in [0, 0.1) is 5.41 Å². The minimum Gasteiger partial charge on any atom is -0.383 e. The van der Waals surface area contributed by atoms with Crippen molar-refractivity contribution in [1.29, 1.82) is 0 Å². The van der Waals surface area contributed by atoms with Gasteiger partial charge in [0.2, 0.25) is 0 Å². The molecule has 0 saturated carbocycles. The molecule has 0 radical (unpaired) electrons. The Balaban J connectivity index is 2.76. The number of rotatable bonds is 6. The van der Waals surface area contributed by atoms with Gasteiger partial charge >= 0.3 is 0 Å². The average molecular weight is 249 g/mol. The van der Waals surface area contributed by atoms with Crippen LogP contribution in [0.4, 0.5) is 0 Å². The van der Waals surface area contributed by atoms with Gasteiger partial charge in [-0.1, -0.05) is 51.1 Å². The first-order chi connectivity index (χ1) is 8.42. The van der Waals surface area contributed by atoms with E-state index in [1.165, 1.54) is 5.56 Å². The molecule has 1 rings (SSSR count). The molecule has 0 amide bonds. The number of hydrogen-bond acceptors (Lipinski definition) is 2. The fourth-order valence-corrected chi connectivity index (χ4v) is 2.21. The lowest BCUT2D eigenvalue weighted by molar-refractivity contribution is 0.160. The van der Waals surface area contributed by atoms with Crippen LogP contribution in [0.2, 0.25) is 0 Å². The molecule has 0 heterocycles. The van der Waals surface area contributed by atoms with Crippen LogP contribution in [0.5, 0.6) is 0 Å². The molecule has 0 aliphatic rings. The molecule has 0 bridgehead atoms. The Morgan fingerprint density at radius 3 is 2.28 bits per heavy atom. The molecule has 0 fully saturated rings. The summed E-state index contributed by atoms with van der Waals surface area (Å²) >= 11 is 0. The second-order valence-corrected chi connectivity index (χ2v) is 6.25. The highest BCUT2D eigenvalue weighted by atomic mass is 16.5. The minimum atomic E-state index is 0.306. The molecule has 0 saturated heterocycles. The molecule has 2 nitrogen and oxygen atoms in total. The van der Waals surface area contributed by atoms with Gasteiger partial charge in [0, 0.05) is 19.2 Å². The summed E-state index contributed by atoms with van der Waals surface area (Å²) in [5.74, 6) is 0. The monoisotopic (exact) mass is 249 g/mol. The van der Waals surface area contributed by atoms with Gasteiger partial charge in [-0.15, -0.1) is 0 Å². The smallest absolute Gasteiger partial charge is 0.0613 e. The molecule has 1 aromatic carbocycles. The van der Waals surface area contributed by atoms with Crippen LogP contribution in [-0.2, 0) is 4.74 Å². The zero-order valence-corrected chi connectivity index (χ0v) is 12.4. The number of hydrogen-bond donors (Lipinski definition) is 1. The minimum absolute atomic E-state index is 0.306. The first kappa shape index (κ1) is 15.2. The second kappa shape index (κ2) is 6.91. The van der Waals surface area contributed by atoms with E-state index in [1.54, 1.807) is 7.11 Å². The highest BCUT2D eigenvalue weighted by Gasteiger charge is 2.21. The molecule has 2 heteroatoms. The predicted molar refractivity (Wildman–Crippen MR) is 77.7 cm³/mol. The van der Waals surface area contributed by atoms with Gasteiger partial charge in [-0.05, 0) is 24.3 Å². The van der Waals surface area contributed by atoms with Crippen LogP contribution >= 0.6 is 0 Å². The maximum absolute atomic E-state index is 5.21. The lowest BCUT2D eigenvalue weighted by Crippen LogP contribution is -2.35. The Kier molecular flexibility index (Phi) is 5.83. The molecule has 1 N–H and O–H groups in total. The van der Waals surface area contributed by atoms with Crippen molar-refractivity contribution >= 4 is 0 Å². The Hall–Kier alpha value is -0.860. The molecular formula is C16H27NO. The highest BCUT2D eigenvalue weighted by Crippen LogP contribution is 2.29. The summed E-state index contributed by atoms with van der Waals surface area (Å²) in [7, 11) is 1.75. The molecule has 1 aromatic rings. The van der Waals surface area contributed by atoms with E-state index in [9.17, 15) is 0 Å². The maximum Gasteiger partial charge on any atom is 0.0613 e. The summed E-state index contributed by atoms with van der Waals surface area (Å²) in [6.07, 6.45) is 1.12. The third-order valence-corrected chi connectivity index (χ3v) is 2.92. The zero-order valence-electron chi connectivity index (χ0n) is 12.4. The summed E-state index contributed by atoms with van der Waals surface area (Å²) < 4.78 is 5.21. The molecule has 102 valence electrons. The van der Waals surface area contributed by atoms with Crippen LogP contribution in [0.15, 0.2) is 30.3 Å². The third kappa shape index (κ3) is 5.65. The van der Waals surface area contributed by atoms with E-state index >= 15 is 0 Å². The molecule has 0 spiro atoms. The lowest BCUT2D eigenvalue weighted by atomic mass is 9.85. The number of benzene rings is 1. The summed E-state index contributed by atoms with van der Waals surface area (Å²) in [5, 5.41) is 3.67. The molecule has 0 aliphatic heterocycles. The van der Waals surface area contributed by atoms with Crippen molar-refractivity contribution in [2.75, 3.05) is 13.7 Å². The summed E-state index contributed by atoms with van der Waals surface area (Å²) in [6.45, 7) is 9.76. The zero-order chi connectivity index (χ0) is 13.6. The normalized spacial score (nSPS) is 15.4. The predicted octanol–water partition coefficient (Wildman–Crippen LogP) is 3.79. The highest BCUT2D eigenvalue weighted by molar-refractivity contribution is 5.19. The largest absolute Gasteiger partial charge is 0.383 e. The Labute approximate surface area is 112 Å². The third-order valence-electron chi connectivity index (χ3n) is 2.92. The van der Waals surface area contributed by atoms with Crippen molar-refractivity contribution in [2.24, 2.45) is 5.41 Å². The Morgan fingerprint density at radius 1 is 1.17 bits per heavy atom. The average Bonchev–Trinajstić information content (AvgIpc) is 2.28. The first-order valence-corrected chi connectivity index (χ1v) is 6.72. The van der Waals surface area contributed by atoms with Crippen LogP contribution in [0.3, 0.4) is 0 Å². The van der Waals surface area contributed by atoms with Gasteiger partial charge in [0.25, 0.3) is 0 Å². The van der Waals surface area contributed by atoms with Gasteiger partial charge in [-0.25, -0.2) is 0 Å². The molecular weight excluding hydrogens is 222 g/mol. The Bertz CT molecular complexity index is 329. The molecule has 2 atom stereocenters. The van der Waals surface area contributed by atoms with Crippen LogP contribution in [0.25, 0.3) is 0 Å². The van der Waals surface area contributed by atoms with E-state index in [0.717, 1.165) is 13.0 Å². The van der Waals surface area contributed by atoms with Crippen LogP contribution in [-0.4, -0.2) is 19.8 Å². The van der Waals surface area contributed by atoms with Gasteiger partial charge < -0.3 is 10.1 Å². The van der Waals surface area contributed by atoms with Gasteiger partial charge in [0.05, 0.1) is 6.61 Å². The van der Waals surface area contributed by atoms with E-state index < -0.39 is 0 Å². The van der Waals surface area contributed by atoms with Crippen molar-refractivity contribution < 1.29 is 4.74 Å². The van der Waals surface area contributed by atoms with E-state index in [2.05, 4.69) is 63.3 Å². The fraction of sp³-hybridized carbons (Fsp3) is 0.625. The van der Waals surface area contributed by atoms with E-state index in [4.69, 9.17) is 4.74 Å². The molecule has 18 heavy (non-hydrogen) atoms. The van der Waals surface area contributed by atoms with Gasteiger partial charge in [0.15, 0.2) is 0 Å². The molecule has 0 aliphatic carbocycles. The van der Waals surface area contributed by atoms with Gasteiger partial charge in [-0.3, -0.25) is 0 Å². The van der Waals surface area contributed by atoms with Gasteiger partial charge in [0.1, 0.15) is 0 Å². The van der Waals surface area contributed by atoms with Crippen molar-refractivity contribution in [3.05, 3.63) is 35.9 Å². The SMILES string of the molecule is COCC(C)NC(CC(C)(C)C)c1ccccc1. The van der Waals surface area contributed by atoms with Crippen molar-refractivity contribution in [3.63, 3.8) is 0 Å². The van der Waals surface area contributed by atoms with E-state index in [1.807, 2.05) is 0 Å². The summed E-state index contributed by atoms with van der Waals surface area (Å²) in [6, 6.07) is 11.4. The molecule has 2 unspecified atom stereocenters. The lowest BCUT2D eigenvalue weighted by Gasteiger charge is -2.29. The standard InChI is InChI=1S/C16H27NO/c1-13(12-18-5)17-15(11-16(2,3)4)14-9-7-6-8-10-14/h6-10,13,15,17H,11-12H2,1-5H3. The summed E-state index contributed by atoms with van der Waals surface area (Å²) in [4.78, 5) is 0. The summed E-state index contributed by atoms with van der Waals surface area (Å²) in [5.41, 5.74) is 1.66. The van der Waals surface area contributed by atoms with Crippen LogP contribution in [0.1, 0.15) is 45.7 Å². The van der Waals surface area contributed by atoms with Crippen LogP contribution < -0.4 is 5.32 Å². The molecule has 0 aromatic heterocycles. The van der Waals surface area contributed by atoms with Crippen molar-refractivity contribution in [2.45, 2.75) is 46.2 Å². The quantitative estimate of drug-likeness (QED) is 0.828. The van der Waals surface area contributed by atoms with E-state index in [0.29, 0.717) is 17.5 Å². The number of ether oxygens (including phenoxy) is 1.